The molecular weight excluding hydrogens is 821 g/mol. The van der Waals surface area contributed by atoms with E-state index in [9.17, 15) is 0 Å². The highest BCUT2D eigenvalue weighted by Gasteiger charge is 2.16. The Morgan fingerprint density at radius 2 is 0.544 bits per heavy atom. The van der Waals surface area contributed by atoms with Gasteiger partial charge in [-0.05, 0) is 158 Å². The Balaban J connectivity index is 0.858. The van der Waals surface area contributed by atoms with Gasteiger partial charge in [0.2, 0.25) is 0 Å². The standard InChI is InChI=1S/C66H46N2/c1-5-17-49(18-6-1)51-31-39-61(40-32-51)67(59-25-9-3-10-26-59)63-43-35-53(36-44-63)55-21-15-23-57(47-55)65-29-13-14-30-66(65)58-24-16-22-56(48-58)54-37-45-64(46-38-54)68(60-27-11-4-12-28-60)62-41-33-52(34-42-62)50-19-7-2-8-20-50/h1-7,9-19,21-48H. The molecule has 11 rings (SSSR count). The Morgan fingerprint density at radius 3 is 0.956 bits per heavy atom. The first-order chi connectivity index (χ1) is 33.7. The minimum Gasteiger partial charge on any atom is -0.311 e. The molecule has 0 aliphatic rings. The van der Waals surface area contributed by atoms with Gasteiger partial charge in [0.15, 0.2) is 0 Å². The van der Waals surface area contributed by atoms with Crippen molar-refractivity contribution in [2.75, 3.05) is 9.80 Å². The number of benzene rings is 10. The lowest BCUT2D eigenvalue weighted by Crippen LogP contribution is -2.09. The Labute approximate surface area is 400 Å². The Hall–Kier alpha value is -9.16. The van der Waals surface area contributed by atoms with E-state index in [2.05, 4.69) is 289 Å². The van der Waals surface area contributed by atoms with E-state index < -0.39 is 0 Å². The molecule has 0 aliphatic carbocycles. The molecule has 0 saturated carbocycles. The molecule has 2 heteroatoms. The van der Waals surface area contributed by atoms with Crippen molar-refractivity contribution < 1.29 is 0 Å². The SMILES string of the molecule is c1cccc(-c2ccc(N(c3ccccc3)c3ccc(-c4cccc(-c5ccccc5-c5cccc(-c6ccc(N(c7ccccc7)c7ccc(-c8ccccc8)cc7)cc6)c5)c4)cc3)cc2)c#1. The van der Waals surface area contributed by atoms with Gasteiger partial charge in [0.05, 0.1) is 0 Å². The van der Waals surface area contributed by atoms with Gasteiger partial charge in [-0.1, -0.05) is 194 Å². The van der Waals surface area contributed by atoms with E-state index in [4.69, 9.17) is 0 Å². The molecule has 0 aromatic heterocycles. The quantitative estimate of drug-likeness (QED) is 0.121. The summed E-state index contributed by atoms with van der Waals surface area (Å²) in [5.41, 5.74) is 20.6. The summed E-state index contributed by atoms with van der Waals surface area (Å²) in [4.78, 5) is 4.62. The van der Waals surface area contributed by atoms with Crippen LogP contribution in [0.2, 0.25) is 0 Å². The van der Waals surface area contributed by atoms with Crippen LogP contribution in [0, 0.1) is 12.1 Å². The van der Waals surface area contributed by atoms with Crippen LogP contribution in [0.3, 0.4) is 0 Å². The molecule has 0 unspecified atom stereocenters. The molecule has 11 aromatic carbocycles. The number of para-hydroxylation sites is 2. The predicted molar refractivity (Wildman–Crippen MR) is 286 cm³/mol. The van der Waals surface area contributed by atoms with Gasteiger partial charge >= 0.3 is 0 Å². The van der Waals surface area contributed by atoms with Crippen LogP contribution in [0.5, 0.6) is 0 Å². The highest BCUT2D eigenvalue weighted by Crippen LogP contribution is 2.40. The van der Waals surface area contributed by atoms with Crippen molar-refractivity contribution in [1.82, 2.24) is 0 Å². The fraction of sp³-hybridized carbons (Fsp3) is 0. The smallest absolute Gasteiger partial charge is 0.0462 e. The second kappa shape index (κ2) is 19.1. The Bertz CT molecular complexity index is 3150. The highest BCUT2D eigenvalue weighted by molar-refractivity contribution is 5.88. The Morgan fingerprint density at radius 1 is 0.221 bits per heavy atom. The van der Waals surface area contributed by atoms with Gasteiger partial charge in [0.1, 0.15) is 0 Å². The van der Waals surface area contributed by atoms with Crippen LogP contribution in [0.1, 0.15) is 0 Å². The average molecular weight is 867 g/mol. The van der Waals surface area contributed by atoms with Crippen molar-refractivity contribution >= 4 is 34.1 Å². The number of rotatable bonds is 12. The number of hydrogen-bond acceptors (Lipinski definition) is 2. The number of nitrogens with zero attached hydrogens (tertiary/aromatic N) is 2. The van der Waals surface area contributed by atoms with Gasteiger partial charge < -0.3 is 9.80 Å². The summed E-state index contributed by atoms with van der Waals surface area (Å²) in [6.07, 6.45) is 0. The molecule has 0 bridgehead atoms. The first-order valence-electron chi connectivity index (χ1n) is 23.1. The zero-order valence-electron chi connectivity index (χ0n) is 37.5. The van der Waals surface area contributed by atoms with Gasteiger partial charge in [0.25, 0.3) is 0 Å². The van der Waals surface area contributed by atoms with E-state index in [1.807, 2.05) is 12.1 Å². The van der Waals surface area contributed by atoms with Gasteiger partial charge in [-0.25, -0.2) is 0 Å². The van der Waals surface area contributed by atoms with Crippen molar-refractivity contribution in [1.29, 1.82) is 0 Å². The average Bonchev–Trinajstić information content (AvgIpc) is 3.43. The first kappa shape index (κ1) is 41.5. The zero-order chi connectivity index (χ0) is 45.5. The van der Waals surface area contributed by atoms with Crippen LogP contribution >= 0.6 is 0 Å². The maximum absolute atomic E-state index is 3.23. The molecule has 0 aliphatic heterocycles. The Kier molecular flexibility index (Phi) is 11.7. The molecule has 0 N–H and O–H groups in total. The summed E-state index contributed by atoms with van der Waals surface area (Å²) in [6, 6.07) is 106. The molecule has 0 heterocycles. The minimum absolute atomic E-state index is 1.03. The van der Waals surface area contributed by atoms with Gasteiger partial charge in [-0.2, -0.15) is 0 Å². The third-order valence-corrected chi connectivity index (χ3v) is 12.5. The molecule has 0 saturated heterocycles. The van der Waals surface area contributed by atoms with Crippen LogP contribution in [0.25, 0.3) is 66.8 Å². The van der Waals surface area contributed by atoms with Crippen molar-refractivity contribution in [3.05, 3.63) is 291 Å². The minimum atomic E-state index is 1.03. The molecule has 0 radical (unpaired) electrons. The van der Waals surface area contributed by atoms with Crippen molar-refractivity contribution in [3.63, 3.8) is 0 Å². The van der Waals surface area contributed by atoms with E-state index in [1.54, 1.807) is 0 Å². The third-order valence-electron chi connectivity index (χ3n) is 12.5. The summed E-state index contributed by atoms with van der Waals surface area (Å²) in [5.74, 6) is 0. The zero-order valence-corrected chi connectivity index (χ0v) is 37.5. The molecule has 320 valence electrons. The van der Waals surface area contributed by atoms with Crippen molar-refractivity contribution in [3.8, 4) is 66.8 Å². The van der Waals surface area contributed by atoms with E-state index >= 15 is 0 Å². The van der Waals surface area contributed by atoms with E-state index in [1.165, 1.54) is 50.1 Å². The summed E-state index contributed by atoms with van der Waals surface area (Å²) >= 11 is 0. The molecule has 0 amide bonds. The van der Waals surface area contributed by atoms with E-state index in [0.29, 0.717) is 0 Å². The predicted octanol–water partition coefficient (Wildman–Crippen LogP) is 18.2. The molecule has 2 nitrogen and oxygen atoms in total. The summed E-state index contributed by atoms with van der Waals surface area (Å²) in [5, 5.41) is 0. The summed E-state index contributed by atoms with van der Waals surface area (Å²) < 4.78 is 0. The van der Waals surface area contributed by atoms with E-state index in [0.717, 1.165) is 50.8 Å². The molecule has 11 aromatic rings. The highest BCUT2D eigenvalue weighted by atomic mass is 15.1. The topological polar surface area (TPSA) is 6.48 Å². The monoisotopic (exact) mass is 866 g/mol. The second-order valence-corrected chi connectivity index (χ2v) is 16.8. The lowest BCUT2D eigenvalue weighted by Gasteiger charge is -2.26. The fourth-order valence-electron chi connectivity index (χ4n) is 9.12. The van der Waals surface area contributed by atoms with Crippen LogP contribution < -0.4 is 9.80 Å². The largest absolute Gasteiger partial charge is 0.311 e. The molecule has 0 spiro atoms. The van der Waals surface area contributed by atoms with Crippen molar-refractivity contribution in [2.45, 2.75) is 0 Å². The maximum Gasteiger partial charge on any atom is 0.0462 e. The lowest BCUT2D eigenvalue weighted by atomic mass is 9.91. The van der Waals surface area contributed by atoms with Crippen LogP contribution in [0.15, 0.2) is 279 Å². The van der Waals surface area contributed by atoms with Gasteiger partial charge in [-0.3, -0.25) is 0 Å². The van der Waals surface area contributed by atoms with Gasteiger partial charge in [-0.15, -0.1) is 0 Å². The van der Waals surface area contributed by atoms with E-state index in [-0.39, 0.29) is 0 Å². The molecule has 68 heavy (non-hydrogen) atoms. The summed E-state index contributed by atoms with van der Waals surface area (Å²) in [6.45, 7) is 0. The number of anilines is 6. The lowest BCUT2D eigenvalue weighted by molar-refractivity contribution is 1.28. The summed E-state index contributed by atoms with van der Waals surface area (Å²) in [7, 11) is 0. The van der Waals surface area contributed by atoms with Crippen LogP contribution in [-0.4, -0.2) is 0 Å². The molecule has 0 fully saturated rings. The maximum atomic E-state index is 3.23. The second-order valence-electron chi connectivity index (χ2n) is 16.8. The van der Waals surface area contributed by atoms with Crippen molar-refractivity contribution in [2.24, 2.45) is 0 Å². The fourth-order valence-corrected chi connectivity index (χ4v) is 9.12. The molecule has 0 atom stereocenters. The third kappa shape index (κ3) is 8.81. The van der Waals surface area contributed by atoms with Crippen LogP contribution in [0.4, 0.5) is 34.1 Å². The first-order valence-corrected chi connectivity index (χ1v) is 23.1. The normalized spacial score (nSPS) is 10.8. The van der Waals surface area contributed by atoms with Crippen LogP contribution in [-0.2, 0) is 0 Å². The van der Waals surface area contributed by atoms with Gasteiger partial charge in [0, 0.05) is 39.7 Å². The molecular formula is C66H46N2. The number of hydrogen-bond donors (Lipinski definition) is 0.